The minimum absolute atomic E-state index is 0.00834. The van der Waals surface area contributed by atoms with Crippen molar-refractivity contribution in [3.63, 3.8) is 0 Å². The zero-order chi connectivity index (χ0) is 24.3. The Balaban J connectivity index is 2.38. The summed E-state index contributed by atoms with van der Waals surface area (Å²) in [6.07, 6.45) is -15.2. The Morgan fingerprint density at radius 3 is 1.88 bits per heavy atom. The average Bonchev–Trinajstić information content (AvgIpc) is 2.69. The molecule has 2 N–H and O–H groups in total. The number of hydrogen-bond donors (Lipinski definition) is 2. The first-order valence-corrected chi connectivity index (χ1v) is 8.90. The van der Waals surface area contributed by atoms with Crippen LogP contribution in [0.5, 0.6) is 0 Å². The maximum Gasteiger partial charge on any atom is 0.416 e. The number of hydrogen-bond acceptors (Lipinski definition) is 4. The summed E-state index contributed by atoms with van der Waals surface area (Å²) >= 11 is 0. The summed E-state index contributed by atoms with van der Waals surface area (Å²) in [5.41, 5.74) is -3.67. The van der Waals surface area contributed by atoms with E-state index >= 15 is 0 Å². The molecule has 176 valence electrons. The van der Waals surface area contributed by atoms with E-state index in [1.807, 2.05) is 0 Å². The fourth-order valence-electron chi connectivity index (χ4n) is 2.67. The molecule has 2 aromatic carbocycles. The average molecular weight is 470 g/mol. The van der Waals surface area contributed by atoms with Gasteiger partial charge in [0.1, 0.15) is 18.5 Å². The van der Waals surface area contributed by atoms with Crippen LogP contribution < -0.4 is 0 Å². The van der Waals surface area contributed by atoms with E-state index in [-0.39, 0.29) is 11.6 Å². The van der Waals surface area contributed by atoms with Crippen molar-refractivity contribution in [1.82, 2.24) is 0 Å². The summed E-state index contributed by atoms with van der Waals surface area (Å²) in [5, 5.41) is 19.2. The van der Waals surface area contributed by atoms with Gasteiger partial charge in [0.15, 0.2) is 6.29 Å². The lowest BCUT2D eigenvalue weighted by atomic mass is 10.0. The van der Waals surface area contributed by atoms with Crippen LogP contribution in [0.4, 0.5) is 30.7 Å². The van der Waals surface area contributed by atoms with E-state index < -0.39 is 65.9 Å². The molecule has 0 aliphatic rings. The zero-order valence-corrected chi connectivity index (χ0v) is 16.2. The van der Waals surface area contributed by atoms with Crippen molar-refractivity contribution in [2.75, 3.05) is 6.61 Å². The fraction of sp³-hybridized carbons (Fsp3) is 0.350. The Bertz CT molecular complexity index is 893. The van der Waals surface area contributed by atoms with Gasteiger partial charge in [-0.3, -0.25) is 0 Å². The molecular formula is C20H17F7O5. The summed E-state index contributed by atoms with van der Waals surface area (Å²) in [6.45, 7) is 0.107. The van der Waals surface area contributed by atoms with Gasteiger partial charge in [-0.15, -0.1) is 0 Å². The predicted molar refractivity (Wildman–Crippen MR) is 94.7 cm³/mol. The Morgan fingerprint density at radius 2 is 1.44 bits per heavy atom. The van der Waals surface area contributed by atoms with Crippen molar-refractivity contribution < 1.29 is 55.2 Å². The lowest BCUT2D eigenvalue weighted by molar-refractivity contribution is -0.220. The van der Waals surface area contributed by atoms with Crippen molar-refractivity contribution in [2.24, 2.45) is 0 Å². The SMILES string of the molecule is C[C@@H](O[C@@H](OCC(=O)O)[C@@H](O)c1ccc(F)cc1)c1cc(C(F)(F)F)cc(C(F)(F)F)c1. The summed E-state index contributed by atoms with van der Waals surface area (Å²) in [4.78, 5) is 10.8. The highest BCUT2D eigenvalue weighted by atomic mass is 19.4. The quantitative estimate of drug-likeness (QED) is 0.415. The summed E-state index contributed by atoms with van der Waals surface area (Å²) in [6, 6.07) is 5.02. The molecule has 2 rings (SSSR count). The third-order valence-electron chi connectivity index (χ3n) is 4.26. The van der Waals surface area contributed by atoms with Gasteiger partial charge in [-0.1, -0.05) is 12.1 Å². The van der Waals surface area contributed by atoms with Gasteiger partial charge in [-0.05, 0) is 48.4 Å². The van der Waals surface area contributed by atoms with Gasteiger partial charge in [-0.25, -0.2) is 9.18 Å². The topological polar surface area (TPSA) is 76.0 Å². The van der Waals surface area contributed by atoms with E-state index in [0.29, 0.717) is 12.1 Å². The third kappa shape index (κ3) is 6.90. The van der Waals surface area contributed by atoms with Gasteiger partial charge >= 0.3 is 18.3 Å². The molecule has 0 saturated carbocycles. The van der Waals surface area contributed by atoms with Crippen LogP contribution in [-0.2, 0) is 26.6 Å². The molecule has 32 heavy (non-hydrogen) atoms. The van der Waals surface area contributed by atoms with Gasteiger partial charge in [0.05, 0.1) is 17.2 Å². The highest BCUT2D eigenvalue weighted by Crippen LogP contribution is 2.38. The van der Waals surface area contributed by atoms with Crippen LogP contribution >= 0.6 is 0 Å². The van der Waals surface area contributed by atoms with Gasteiger partial charge in [0.2, 0.25) is 0 Å². The molecule has 3 atom stereocenters. The monoisotopic (exact) mass is 470 g/mol. The lowest BCUT2D eigenvalue weighted by Crippen LogP contribution is -2.29. The number of rotatable bonds is 8. The number of alkyl halides is 6. The smallest absolute Gasteiger partial charge is 0.416 e. The highest BCUT2D eigenvalue weighted by molar-refractivity contribution is 5.68. The van der Waals surface area contributed by atoms with Crippen molar-refractivity contribution in [1.29, 1.82) is 0 Å². The Morgan fingerprint density at radius 1 is 0.938 bits per heavy atom. The maximum atomic E-state index is 13.1. The number of halogens is 7. The molecule has 0 radical (unpaired) electrons. The molecule has 0 saturated heterocycles. The van der Waals surface area contributed by atoms with E-state index in [4.69, 9.17) is 14.6 Å². The molecule has 0 aliphatic carbocycles. The minimum Gasteiger partial charge on any atom is -0.480 e. The van der Waals surface area contributed by atoms with Gasteiger partial charge in [0.25, 0.3) is 0 Å². The summed E-state index contributed by atoms with van der Waals surface area (Å²) in [5.74, 6) is -2.13. The maximum absolute atomic E-state index is 13.1. The number of aliphatic carboxylic acids is 1. The molecular weight excluding hydrogens is 453 g/mol. The molecule has 0 aliphatic heterocycles. The molecule has 12 heteroatoms. The standard InChI is InChI=1S/C20H17F7O5/c1-10(12-6-13(19(22,23)24)8-14(7-12)20(25,26)27)32-18(31-9-16(28)29)17(30)11-2-4-15(21)5-3-11/h2-8,10,17-18,30H,9H2,1H3,(H,28,29)/t10-,17+,18-/m1/s1. The van der Waals surface area contributed by atoms with Crippen LogP contribution in [0.15, 0.2) is 42.5 Å². The third-order valence-corrected chi connectivity index (χ3v) is 4.26. The second-order valence-electron chi connectivity index (χ2n) is 6.69. The number of carbonyl (C=O) groups is 1. The highest BCUT2D eigenvalue weighted by Gasteiger charge is 2.38. The van der Waals surface area contributed by atoms with E-state index in [0.717, 1.165) is 31.2 Å². The molecule has 0 unspecified atom stereocenters. The predicted octanol–water partition coefficient (Wildman–Crippen LogP) is 5.10. The second-order valence-corrected chi connectivity index (χ2v) is 6.69. The number of aliphatic hydroxyl groups excluding tert-OH is 1. The van der Waals surface area contributed by atoms with E-state index in [1.54, 1.807) is 0 Å². The van der Waals surface area contributed by atoms with Gasteiger partial charge in [-0.2, -0.15) is 26.3 Å². The van der Waals surface area contributed by atoms with Crippen molar-refractivity contribution in [3.05, 3.63) is 70.5 Å². The largest absolute Gasteiger partial charge is 0.480 e. The van der Waals surface area contributed by atoms with Crippen LogP contribution in [-0.4, -0.2) is 29.1 Å². The normalized spacial score (nSPS) is 15.3. The Hall–Kier alpha value is -2.70. The Labute approximate surface area is 177 Å². The van der Waals surface area contributed by atoms with Crippen molar-refractivity contribution in [2.45, 2.75) is 37.8 Å². The molecule has 0 fully saturated rings. The van der Waals surface area contributed by atoms with Crippen LogP contribution in [0.25, 0.3) is 0 Å². The first-order valence-electron chi connectivity index (χ1n) is 8.90. The Kier molecular flexibility index (Phi) is 7.86. The lowest BCUT2D eigenvalue weighted by Gasteiger charge is -2.27. The zero-order valence-electron chi connectivity index (χ0n) is 16.2. The minimum atomic E-state index is -5.08. The molecule has 0 spiro atoms. The fourth-order valence-corrected chi connectivity index (χ4v) is 2.67. The molecule has 0 amide bonds. The first kappa shape index (κ1) is 25.6. The number of carboxylic acid groups (broad SMARTS) is 1. The summed E-state index contributed by atoms with van der Waals surface area (Å²) in [7, 11) is 0. The molecule has 0 heterocycles. The van der Waals surface area contributed by atoms with Crippen LogP contribution in [0.3, 0.4) is 0 Å². The number of aliphatic hydroxyl groups is 1. The van der Waals surface area contributed by atoms with Crippen LogP contribution in [0.2, 0.25) is 0 Å². The molecule has 0 aromatic heterocycles. The number of benzene rings is 2. The molecule has 0 bridgehead atoms. The van der Waals surface area contributed by atoms with Crippen LogP contribution in [0, 0.1) is 5.82 Å². The van der Waals surface area contributed by atoms with Gasteiger partial charge < -0.3 is 19.7 Å². The second kappa shape index (κ2) is 9.84. The van der Waals surface area contributed by atoms with E-state index in [1.165, 1.54) is 0 Å². The van der Waals surface area contributed by atoms with Crippen LogP contribution in [0.1, 0.15) is 41.4 Å². The van der Waals surface area contributed by atoms with E-state index in [9.17, 15) is 40.6 Å². The van der Waals surface area contributed by atoms with E-state index in [2.05, 4.69) is 0 Å². The first-order chi connectivity index (χ1) is 14.7. The number of ether oxygens (including phenoxy) is 2. The molecule has 2 aromatic rings. The number of carboxylic acids is 1. The molecule has 5 nitrogen and oxygen atoms in total. The van der Waals surface area contributed by atoms with Crippen molar-refractivity contribution in [3.8, 4) is 0 Å². The van der Waals surface area contributed by atoms with Crippen molar-refractivity contribution >= 4 is 5.97 Å². The summed E-state index contributed by atoms with van der Waals surface area (Å²) < 4.78 is 102. The van der Waals surface area contributed by atoms with Gasteiger partial charge in [0, 0.05) is 0 Å².